The molecule has 92 valence electrons. The van der Waals surface area contributed by atoms with E-state index < -0.39 is 5.41 Å². The molecule has 1 aromatic carbocycles. The van der Waals surface area contributed by atoms with Crippen molar-refractivity contribution in [2.75, 3.05) is 11.1 Å². The summed E-state index contributed by atoms with van der Waals surface area (Å²) in [6, 6.07) is 7.38. The maximum absolute atomic E-state index is 11.8. The van der Waals surface area contributed by atoms with Crippen LogP contribution in [0.2, 0.25) is 0 Å². The van der Waals surface area contributed by atoms with E-state index in [0.29, 0.717) is 5.69 Å². The highest BCUT2D eigenvalue weighted by molar-refractivity contribution is 6.06. The summed E-state index contributed by atoms with van der Waals surface area (Å²) in [7, 11) is 0. The second kappa shape index (κ2) is 3.35. The largest absolute Gasteiger partial charge is 0.368 e. The average molecular weight is 243 g/mol. The van der Waals surface area contributed by atoms with Gasteiger partial charge in [-0.25, -0.2) is 0 Å². The van der Waals surface area contributed by atoms with E-state index in [9.17, 15) is 4.79 Å². The minimum Gasteiger partial charge on any atom is -0.368 e. The Morgan fingerprint density at radius 2 is 2.11 bits per heavy atom. The van der Waals surface area contributed by atoms with Crippen LogP contribution in [0.5, 0.6) is 0 Å². The Hall–Kier alpha value is -2.30. The van der Waals surface area contributed by atoms with Crippen molar-refractivity contribution in [3.63, 3.8) is 0 Å². The third-order valence-corrected chi connectivity index (χ3v) is 3.33. The zero-order chi connectivity index (χ0) is 12.9. The molecule has 18 heavy (non-hydrogen) atoms. The lowest BCUT2D eigenvalue weighted by Gasteiger charge is -2.15. The summed E-state index contributed by atoms with van der Waals surface area (Å²) >= 11 is 0. The topological polar surface area (TPSA) is 81.2 Å². The van der Waals surface area contributed by atoms with Gasteiger partial charge in [-0.05, 0) is 31.5 Å². The number of nitrogen functional groups attached to an aromatic ring is 1. The van der Waals surface area contributed by atoms with E-state index in [0.717, 1.165) is 16.8 Å². The smallest absolute Gasteiger partial charge is 0.234 e. The van der Waals surface area contributed by atoms with E-state index >= 15 is 0 Å². The van der Waals surface area contributed by atoms with Crippen LogP contribution in [0.1, 0.15) is 19.4 Å². The van der Waals surface area contributed by atoms with Crippen molar-refractivity contribution >= 4 is 17.5 Å². The molecule has 1 aliphatic rings. The highest BCUT2D eigenvalue weighted by Crippen LogP contribution is 2.39. The van der Waals surface area contributed by atoms with Gasteiger partial charge in [0.1, 0.15) is 5.69 Å². The molecule has 1 amide bonds. The van der Waals surface area contributed by atoms with Gasteiger partial charge >= 0.3 is 0 Å². The molecule has 0 saturated heterocycles. The number of fused-ring (bicyclic) bond motifs is 1. The Morgan fingerprint density at radius 3 is 2.78 bits per heavy atom. The number of nitrogens with zero attached hydrogens (tertiary/aromatic N) is 1. The lowest BCUT2D eigenvalue weighted by atomic mass is 9.85. The predicted molar refractivity (Wildman–Crippen MR) is 68.0 cm³/mol. The molecule has 0 unspecified atom stereocenters. The van der Waals surface area contributed by atoms with Gasteiger partial charge in [-0.3, -0.25) is 4.79 Å². The number of carbonyl (C=O) groups excluding carboxylic acids is 1. The number of nitrogens with one attached hydrogen (secondary N) is 1. The summed E-state index contributed by atoms with van der Waals surface area (Å²) in [5, 5.41) is 6.74. The van der Waals surface area contributed by atoms with Gasteiger partial charge in [0.15, 0.2) is 0 Å². The SMILES string of the molecule is CC1(C)C(=O)Nc2ccc(-c3cc(N)on3)cc21. The zero-order valence-corrected chi connectivity index (χ0v) is 10.2. The van der Waals surface area contributed by atoms with Gasteiger partial charge in [0.2, 0.25) is 11.8 Å². The number of hydrogen-bond acceptors (Lipinski definition) is 4. The second-order valence-electron chi connectivity index (χ2n) is 4.95. The highest BCUT2D eigenvalue weighted by Gasteiger charge is 2.38. The van der Waals surface area contributed by atoms with Crippen LogP contribution in [-0.4, -0.2) is 11.1 Å². The average Bonchev–Trinajstić information content (AvgIpc) is 2.83. The molecule has 5 nitrogen and oxygen atoms in total. The predicted octanol–water partition coefficient (Wildman–Crippen LogP) is 2.15. The molecule has 2 aromatic rings. The van der Waals surface area contributed by atoms with Crippen LogP contribution in [0.3, 0.4) is 0 Å². The molecule has 0 radical (unpaired) electrons. The molecule has 0 spiro atoms. The van der Waals surface area contributed by atoms with Gasteiger partial charge in [0.25, 0.3) is 0 Å². The van der Waals surface area contributed by atoms with E-state index in [1.165, 1.54) is 0 Å². The third kappa shape index (κ3) is 1.40. The summed E-state index contributed by atoms with van der Waals surface area (Å²) in [4.78, 5) is 11.8. The van der Waals surface area contributed by atoms with Crippen LogP contribution in [0.15, 0.2) is 28.8 Å². The first-order valence-corrected chi connectivity index (χ1v) is 5.67. The van der Waals surface area contributed by atoms with Crippen LogP contribution in [0, 0.1) is 0 Å². The van der Waals surface area contributed by atoms with Crippen molar-refractivity contribution in [3.05, 3.63) is 29.8 Å². The third-order valence-electron chi connectivity index (χ3n) is 3.33. The fourth-order valence-electron chi connectivity index (χ4n) is 2.16. The molecule has 0 atom stereocenters. The molecular weight excluding hydrogens is 230 g/mol. The van der Waals surface area contributed by atoms with Gasteiger partial charge in [-0.2, -0.15) is 0 Å². The number of carbonyl (C=O) groups is 1. The van der Waals surface area contributed by atoms with Crippen molar-refractivity contribution in [1.82, 2.24) is 5.16 Å². The first-order chi connectivity index (χ1) is 8.48. The van der Waals surface area contributed by atoms with Gasteiger partial charge in [0, 0.05) is 17.3 Å². The molecule has 3 rings (SSSR count). The normalized spacial score (nSPS) is 16.4. The summed E-state index contributed by atoms with van der Waals surface area (Å²) in [6.07, 6.45) is 0. The highest BCUT2D eigenvalue weighted by atomic mass is 16.5. The number of benzene rings is 1. The molecule has 2 heterocycles. The Balaban J connectivity index is 2.13. The minimum absolute atomic E-state index is 0.00863. The van der Waals surface area contributed by atoms with E-state index in [1.807, 2.05) is 32.0 Å². The van der Waals surface area contributed by atoms with E-state index in [1.54, 1.807) is 6.07 Å². The van der Waals surface area contributed by atoms with Crippen LogP contribution in [0.4, 0.5) is 11.6 Å². The standard InChI is InChI=1S/C13H13N3O2/c1-13(2)8-5-7(10-6-11(14)18-16-10)3-4-9(8)15-12(13)17/h3-6H,14H2,1-2H3,(H,15,17). The number of nitrogens with two attached hydrogens (primary N) is 1. The summed E-state index contributed by atoms with van der Waals surface area (Å²) in [5.74, 6) is 0.285. The number of hydrogen-bond donors (Lipinski definition) is 2. The molecule has 1 aromatic heterocycles. The summed E-state index contributed by atoms with van der Waals surface area (Å²) in [6.45, 7) is 3.80. The Morgan fingerprint density at radius 1 is 1.33 bits per heavy atom. The Kier molecular flexibility index (Phi) is 2.02. The number of aromatic nitrogens is 1. The molecule has 3 N–H and O–H groups in total. The summed E-state index contributed by atoms with van der Waals surface area (Å²) in [5.41, 5.74) is 8.36. The van der Waals surface area contributed by atoms with Crippen molar-refractivity contribution in [1.29, 1.82) is 0 Å². The maximum Gasteiger partial charge on any atom is 0.234 e. The lowest BCUT2D eigenvalue weighted by Crippen LogP contribution is -2.26. The van der Waals surface area contributed by atoms with Gasteiger partial charge in [-0.15, -0.1) is 0 Å². The van der Waals surface area contributed by atoms with E-state index in [-0.39, 0.29) is 11.8 Å². The molecule has 0 fully saturated rings. The fourth-order valence-corrected chi connectivity index (χ4v) is 2.16. The van der Waals surface area contributed by atoms with Crippen LogP contribution in [-0.2, 0) is 10.2 Å². The fraction of sp³-hybridized carbons (Fsp3) is 0.231. The maximum atomic E-state index is 11.8. The lowest BCUT2D eigenvalue weighted by molar-refractivity contribution is -0.119. The molecular formula is C13H13N3O2. The molecule has 5 heteroatoms. The second-order valence-corrected chi connectivity index (χ2v) is 4.95. The van der Waals surface area contributed by atoms with Crippen molar-refractivity contribution in [2.24, 2.45) is 0 Å². The van der Waals surface area contributed by atoms with Gasteiger partial charge in [-0.1, -0.05) is 11.2 Å². The minimum atomic E-state index is -0.527. The number of amides is 1. The number of rotatable bonds is 1. The first-order valence-electron chi connectivity index (χ1n) is 5.67. The molecule has 0 saturated carbocycles. The number of anilines is 2. The van der Waals surface area contributed by atoms with E-state index in [4.69, 9.17) is 10.3 Å². The molecule has 0 bridgehead atoms. The van der Waals surface area contributed by atoms with Gasteiger partial charge < -0.3 is 15.6 Å². The van der Waals surface area contributed by atoms with Gasteiger partial charge in [0.05, 0.1) is 5.41 Å². The molecule has 0 aliphatic carbocycles. The summed E-state index contributed by atoms with van der Waals surface area (Å²) < 4.78 is 4.86. The van der Waals surface area contributed by atoms with Crippen LogP contribution in [0.25, 0.3) is 11.3 Å². The molecule has 1 aliphatic heterocycles. The quantitative estimate of drug-likeness (QED) is 0.804. The first kappa shape index (κ1) is 10.8. The Bertz CT molecular complexity index is 643. The zero-order valence-electron chi connectivity index (χ0n) is 10.2. The van der Waals surface area contributed by atoms with Crippen molar-refractivity contribution in [2.45, 2.75) is 19.3 Å². The van der Waals surface area contributed by atoms with Crippen molar-refractivity contribution in [3.8, 4) is 11.3 Å². The van der Waals surface area contributed by atoms with Crippen molar-refractivity contribution < 1.29 is 9.32 Å². The van der Waals surface area contributed by atoms with Crippen LogP contribution < -0.4 is 11.1 Å². The van der Waals surface area contributed by atoms with Crippen LogP contribution >= 0.6 is 0 Å². The Labute approximate surface area is 104 Å². The monoisotopic (exact) mass is 243 g/mol. The van der Waals surface area contributed by atoms with E-state index in [2.05, 4.69) is 10.5 Å².